The Morgan fingerprint density at radius 3 is 3.33 bits per heavy atom. The van der Waals surface area contributed by atoms with Gasteiger partial charge in [0.25, 0.3) is 0 Å². The van der Waals surface area contributed by atoms with Crippen LogP contribution in [0.5, 0.6) is 0 Å². The highest BCUT2D eigenvalue weighted by Gasteiger charge is 2.19. The van der Waals surface area contributed by atoms with E-state index in [0.717, 1.165) is 19.6 Å². The zero-order valence-electron chi connectivity index (χ0n) is 7.45. The zero-order valence-corrected chi connectivity index (χ0v) is 7.45. The van der Waals surface area contributed by atoms with Crippen LogP contribution in [0.25, 0.3) is 0 Å². The van der Waals surface area contributed by atoms with E-state index in [1.165, 1.54) is 12.1 Å². The maximum absolute atomic E-state index is 4.17. The summed E-state index contributed by atoms with van der Waals surface area (Å²) in [5.74, 6) is 0.687. The van der Waals surface area contributed by atoms with Crippen molar-refractivity contribution in [3.63, 3.8) is 0 Å². The first-order valence-electron chi connectivity index (χ1n) is 4.62. The molecule has 1 atom stereocenters. The summed E-state index contributed by atoms with van der Waals surface area (Å²) in [7, 11) is 0. The lowest BCUT2D eigenvalue weighted by Crippen LogP contribution is -2.10. The van der Waals surface area contributed by atoms with Crippen LogP contribution in [0.1, 0.15) is 25.0 Å². The lowest BCUT2D eigenvalue weighted by molar-refractivity contribution is 0.640. The second kappa shape index (κ2) is 3.27. The van der Waals surface area contributed by atoms with Crippen molar-refractivity contribution in [2.75, 3.05) is 13.1 Å². The number of aryl methyl sites for hydroxylation is 1. The van der Waals surface area contributed by atoms with Crippen molar-refractivity contribution in [3.8, 4) is 0 Å². The summed E-state index contributed by atoms with van der Waals surface area (Å²) in [4.78, 5) is 4.17. The molecule has 1 aromatic heterocycles. The second-order valence-corrected chi connectivity index (χ2v) is 3.29. The molecule has 0 amide bonds. The molecule has 66 valence electrons. The summed E-state index contributed by atoms with van der Waals surface area (Å²) < 4.78 is 2.23. The van der Waals surface area contributed by atoms with E-state index in [1.54, 1.807) is 0 Å². The average molecular weight is 165 g/mol. The SMILES string of the molecule is CCn1cncc1C1CCNC1. The lowest BCUT2D eigenvalue weighted by Gasteiger charge is -2.10. The molecule has 1 aliphatic rings. The molecule has 1 N–H and O–H groups in total. The van der Waals surface area contributed by atoms with Crippen molar-refractivity contribution in [1.29, 1.82) is 0 Å². The standard InChI is InChI=1S/C9H15N3/c1-2-12-7-11-6-9(12)8-3-4-10-5-8/h6-8,10H,2-5H2,1H3. The molecule has 0 aliphatic carbocycles. The van der Waals surface area contributed by atoms with E-state index < -0.39 is 0 Å². The number of imidazole rings is 1. The quantitative estimate of drug-likeness (QED) is 0.708. The summed E-state index contributed by atoms with van der Waals surface area (Å²) in [5.41, 5.74) is 1.39. The summed E-state index contributed by atoms with van der Waals surface area (Å²) in [6, 6.07) is 0. The average Bonchev–Trinajstić information content (AvgIpc) is 2.74. The van der Waals surface area contributed by atoms with Crippen LogP contribution in [0.15, 0.2) is 12.5 Å². The molecule has 0 bridgehead atoms. The van der Waals surface area contributed by atoms with E-state index in [0.29, 0.717) is 5.92 Å². The zero-order chi connectivity index (χ0) is 8.39. The van der Waals surface area contributed by atoms with Crippen LogP contribution in [0, 0.1) is 0 Å². The van der Waals surface area contributed by atoms with Crippen LogP contribution in [-0.4, -0.2) is 22.6 Å². The molecule has 1 aromatic rings. The number of hydrogen-bond donors (Lipinski definition) is 1. The van der Waals surface area contributed by atoms with E-state index >= 15 is 0 Å². The Morgan fingerprint density at radius 1 is 1.75 bits per heavy atom. The van der Waals surface area contributed by atoms with Crippen LogP contribution < -0.4 is 5.32 Å². The highest BCUT2D eigenvalue weighted by atomic mass is 15.1. The molecule has 0 saturated carbocycles. The van der Waals surface area contributed by atoms with Gasteiger partial charge in [0.2, 0.25) is 0 Å². The van der Waals surface area contributed by atoms with Gasteiger partial charge < -0.3 is 9.88 Å². The van der Waals surface area contributed by atoms with Gasteiger partial charge in [-0.25, -0.2) is 4.98 Å². The Bertz CT molecular complexity index is 248. The minimum atomic E-state index is 0.687. The van der Waals surface area contributed by atoms with Gasteiger partial charge in [-0.3, -0.25) is 0 Å². The van der Waals surface area contributed by atoms with E-state index in [4.69, 9.17) is 0 Å². The minimum absolute atomic E-state index is 0.687. The van der Waals surface area contributed by atoms with Gasteiger partial charge in [-0.15, -0.1) is 0 Å². The van der Waals surface area contributed by atoms with Crippen molar-refractivity contribution in [2.24, 2.45) is 0 Å². The maximum Gasteiger partial charge on any atom is 0.0948 e. The van der Waals surface area contributed by atoms with Crippen molar-refractivity contribution < 1.29 is 0 Å². The van der Waals surface area contributed by atoms with Gasteiger partial charge in [0.1, 0.15) is 0 Å². The highest BCUT2D eigenvalue weighted by molar-refractivity contribution is 5.09. The molecular weight excluding hydrogens is 150 g/mol. The van der Waals surface area contributed by atoms with Gasteiger partial charge in [0.05, 0.1) is 6.33 Å². The van der Waals surface area contributed by atoms with Crippen LogP contribution in [0.2, 0.25) is 0 Å². The number of rotatable bonds is 2. The fraction of sp³-hybridized carbons (Fsp3) is 0.667. The Kier molecular flexibility index (Phi) is 2.13. The first-order valence-corrected chi connectivity index (χ1v) is 4.62. The third kappa shape index (κ3) is 1.25. The molecule has 3 nitrogen and oxygen atoms in total. The Labute approximate surface area is 72.8 Å². The summed E-state index contributed by atoms with van der Waals surface area (Å²) >= 11 is 0. The molecule has 2 rings (SSSR count). The molecule has 0 aromatic carbocycles. The van der Waals surface area contributed by atoms with Gasteiger partial charge in [-0.2, -0.15) is 0 Å². The minimum Gasteiger partial charge on any atom is -0.335 e. The largest absolute Gasteiger partial charge is 0.335 e. The molecule has 2 heterocycles. The summed E-state index contributed by atoms with van der Waals surface area (Å²) in [6.07, 6.45) is 5.18. The van der Waals surface area contributed by atoms with Crippen LogP contribution >= 0.6 is 0 Å². The molecular formula is C9H15N3. The fourth-order valence-corrected chi connectivity index (χ4v) is 1.84. The Morgan fingerprint density at radius 2 is 2.67 bits per heavy atom. The van der Waals surface area contributed by atoms with Gasteiger partial charge in [-0.1, -0.05) is 0 Å². The predicted octanol–water partition coefficient (Wildman–Crippen LogP) is 0.980. The number of aromatic nitrogens is 2. The van der Waals surface area contributed by atoms with Crippen molar-refractivity contribution >= 4 is 0 Å². The van der Waals surface area contributed by atoms with Gasteiger partial charge in [0, 0.05) is 30.9 Å². The van der Waals surface area contributed by atoms with Crippen molar-refractivity contribution in [1.82, 2.24) is 14.9 Å². The highest BCUT2D eigenvalue weighted by Crippen LogP contribution is 2.21. The van der Waals surface area contributed by atoms with Gasteiger partial charge in [-0.05, 0) is 19.9 Å². The smallest absolute Gasteiger partial charge is 0.0948 e. The molecule has 1 fully saturated rings. The van der Waals surface area contributed by atoms with E-state index in [9.17, 15) is 0 Å². The third-order valence-electron chi connectivity index (χ3n) is 2.56. The third-order valence-corrected chi connectivity index (χ3v) is 2.56. The first kappa shape index (κ1) is 7.80. The number of hydrogen-bond acceptors (Lipinski definition) is 2. The van der Waals surface area contributed by atoms with E-state index in [-0.39, 0.29) is 0 Å². The van der Waals surface area contributed by atoms with Gasteiger partial charge >= 0.3 is 0 Å². The van der Waals surface area contributed by atoms with Gasteiger partial charge in [0.15, 0.2) is 0 Å². The summed E-state index contributed by atoms with van der Waals surface area (Å²) in [6.45, 7) is 5.46. The normalized spacial score (nSPS) is 23.2. The predicted molar refractivity (Wildman–Crippen MR) is 48.1 cm³/mol. The van der Waals surface area contributed by atoms with E-state index in [2.05, 4.69) is 21.8 Å². The summed E-state index contributed by atoms with van der Waals surface area (Å²) in [5, 5.41) is 3.37. The molecule has 12 heavy (non-hydrogen) atoms. The fourth-order valence-electron chi connectivity index (χ4n) is 1.84. The van der Waals surface area contributed by atoms with Crippen LogP contribution in [0.4, 0.5) is 0 Å². The first-order chi connectivity index (χ1) is 5.92. The topological polar surface area (TPSA) is 29.9 Å². The Hall–Kier alpha value is -0.830. The number of nitrogens with one attached hydrogen (secondary N) is 1. The molecule has 1 aliphatic heterocycles. The monoisotopic (exact) mass is 165 g/mol. The van der Waals surface area contributed by atoms with Crippen molar-refractivity contribution in [2.45, 2.75) is 25.8 Å². The van der Waals surface area contributed by atoms with Crippen LogP contribution in [-0.2, 0) is 6.54 Å². The van der Waals surface area contributed by atoms with E-state index in [1.807, 2.05) is 12.5 Å². The molecule has 0 spiro atoms. The van der Waals surface area contributed by atoms with Crippen LogP contribution in [0.3, 0.4) is 0 Å². The van der Waals surface area contributed by atoms with Crippen molar-refractivity contribution in [3.05, 3.63) is 18.2 Å². The maximum atomic E-state index is 4.17. The molecule has 0 radical (unpaired) electrons. The molecule has 1 unspecified atom stereocenters. The number of nitrogens with zero attached hydrogens (tertiary/aromatic N) is 2. The lowest BCUT2D eigenvalue weighted by atomic mass is 10.1. The Balaban J connectivity index is 2.19. The molecule has 1 saturated heterocycles. The molecule has 3 heteroatoms. The second-order valence-electron chi connectivity index (χ2n) is 3.29.